The second-order valence-electron chi connectivity index (χ2n) is 7.02. The van der Waals surface area contributed by atoms with Crippen molar-refractivity contribution < 1.29 is 9.90 Å². The fraction of sp³-hybridized carbons (Fsp3) is 0.333. The fourth-order valence-corrected chi connectivity index (χ4v) is 3.88. The van der Waals surface area contributed by atoms with E-state index in [0.717, 1.165) is 36.7 Å². The Balaban J connectivity index is 1.70. The summed E-state index contributed by atoms with van der Waals surface area (Å²) in [4.78, 5) is 25.4. The number of pyridine rings is 1. The number of nitrogens with one attached hydrogen (secondary N) is 1. The standard InChI is InChI=1S/C21H22N2O3/c24-15-11-9-14(10-12-15)22-20(25)13-23-18-7-3-1-5-16(18)21(26)17-6-2-4-8-19(17)23/h1-8,14-15,24H,9-13H2,(H,22,25). The summed E-state index contributed by atoms with van der Waals surface area (Å²) in [6, 6.07) is 14.9. The van der Waals surface area contributed by atoms with Gasteiger partial charge < -0.3 is 15.0 Å². The van der Waals surface area contributed by atoms with E-state index in [1.807, 2.05) is 41.0 Å². The summed E-state index contributed by atoms with van der Waals surface area (Å²) >= 11 is 0. The van der Waals surface area contributed by atoms with E-state index in [9.17, 15) is 14.7 Å². The monoisotopic (exact) mass is 350 g/mol. The van der Waals surface area contributed by atoms with Gasteiger partial charge in [0.1, 0.15) is 6.54 Å². The second kappa shape index (κ2) is 6.92. The third-order valence-electron chi connectivity index (χ3n) is 5.24. The van der Waals surface area contributed by atoms with Crippen molar-refractivity contribution in [3.05, 3.63) is 58.8 Å². The molecule has 1 fully saturated rings. The molecule has 0 radical (unpaired) electrons. The molecular weight excluding hydrogens is 328 g/mol. The maximum Gasteiger partial charge on any atom is 0.240 e. The molecule has 3 aromatic rings. The Morgan fingerprint density at radius 3 is 2.08 bits per heavy atom. The van der Waals surface area contributed by atoms with Crippen molar-refractivity contribution in [2.24, 2.45) is 0 Å². The van der Waals surface area contributed by atoms with Crippen LogP contribution in [-0.2, 0) is 11.3 Å². The zero-order valence-corrected chi connectivity index (χ0v) is 14.5. The molecule has 1 amide bonds. The molecule has 0 atom stereocenters. The van der Waals surface area contributed by atoms with Crippen LogP contribution in [0.1, 0.15) is 25.7 Å². The number of fused-ring (bicyclic) bond motifs is 2. The topological polar surface area (TPSA) is 71.3 Å². The van der Waals surface area contributed by atoms with E-state index in [4.69, 9.17) is 0 Å². The average molecular weight is 350 g/mol. The first-order valence-corrected chi connectivity index (χ1v) is 9.11. The molecule has 2 aromatic carbocycles. The quantitative estimate of drug-likeness (QED) is 0.713. The lowest BCUT2D eigenvalue weighted by atomic mass is 9.93. The van der Waals surface area contributed by atoms with Gasteiger partial charge in [-0.3, -0.25) is 9.59 Å². The third-order valence-corrected chi connectivity index (χ3v) is 5.24. The van der Waals surface area contributed by atoms with Crippen LogP contribution in [0.2, 0.25) is 0 Å². The van der Waals surface area contributed by atoms with Gasteiger partial charge in [0.15, 0.2) is 5.43 Å². The number of carbonyl (C=O) groups excluding carboxylic acids is 1. The first-order valence-electron chi connectivity index (χ1n) is 9.11. The molecule has 0 aliphatic heterocycles. The molecule has 1 aliphatic carbocycles. The van der Waals surface area contributed by atoms with Gasteiger partial charge in [-0.1, -0.05) is 24.3 Å². The molecular formula is C21H22N2O3. The van der Waals surface area contributed by atoms with E-state index in [1.165, 1.54) is 0 Å². The maximum atomic E-state index is 12.7. The zero-order valence-electron chi connectivity index (χ0n) is 14.5. The molecule has 4 rings (SSSR count). The van der Waals surface area contributed by atoms with Gasteiger partial charge in [-0.25, -0.2) is 0 Å². The minimum Gasteiger partial charge on any atom is -0.393 e. The minimum atomic E-state index is -0.241. The van der Waals surface area contributed by atoms with Gasteiger partial charge in [-0.15, -0.1) is 0 Å². The number of aliphatic hydroxyl groups is 1. The highest BCUT2D eigenvalue weighted by Crippen LogP contribution is 2.20. The number of aliphatic hydroxyl groups excluding tert-OH is 1. The predicted molar refractivity (Wildman–Crippen MR) is 102 cm³/mol. The minimum absolute atomic E-state index is 0.00544. The predicted octanol–water partition coefficient (Wildman–Crippen LogP) is 2.57. The first kappa shape index (κ1) is 16.8. The summed E-state index contributed by atoms with van der Waals surface area (Å²) in [5.41, 5.74) is 1.53. The molecule has 2 N–H and O–H groups in total. The van der Waals surface area contributed by atoms with E-state index in [-0.39, 0.29) is 30.0 Å². The summed E-state index contributed by atoms with van der Waals surface area (Å²) in [6.07, 6.45) is 2.83. The highest BCUT2D eigenvalue weighted by molar-refractivity contribution is 5.94. The smallest absolute Gasteiger partial charge is 0.240 e. The van der Waals surface area contributed by atoms with Gasteiger partial charge in [-0.05, 0) is 49.9 Å². The van der Waals surface area contributed by atoms with Crippen molar-refractivity contribution in [3.8, 4) is 0 Å². The van der Waals surface area contributed by atoms with E-state index in [0.29, 0.717) is 10.8 Å². The molecule has 1 aromatic heterocycles. The van der Waals surface area contributed by atoms with Crippen molar-refractivity contribution in [2.45, 2.75) is 44.4 Å². The molecule has 1 aliphatic rings. The van der Waals surface area contributed by atoms with Crippen LogP contribution >= 0.6 is 0 Å². The number of benzene rings is 2. The van der Waals surface area contributed by atoms with Gasteiger partial charge in [0, 0.05) is 16.8 Å². The fourth-order valence-electron chi connectivity index (χ4n) is 3.88. The van der Waals surface area contributed by atoms with E-state index < -0.39 is 0 Å². The Morgan fingerprint density at radius 1 is 0.962 bits per heavy atom. The number of hydrogen-bond donors (Lipinski definition) is 2. The molecule has 26 heavy (non-hydrogen) atoms. The first-order chi connectivity index (χ1) is 12.6. The lowest BCUT2D eigenvalue weighted by Crippen LogP contribution is -2.40. The highest BCUT2D eigenvalue weighted by atomic mass is 16.3. The molecule has 0 unspecified atom stereocenters. The molecule has 0 saturated heterocycles. The van der Waals surface area contributed by atoms with E-state index in [1.54, 1.807) is 12.1 Å². The summed E-state index contributed by atoms with van der Waals surface area (Å²) in [5.74, 6) is -0.0645. The van der Waals surface area contributed by atoms with Gasteiger partial charge >= 0.3 is 0 Å². The zero-order chi connectivity index (χ0) is 18.1. The molecule has 5 nitrogen and oxygen atoms in total. The van der Waals surface area contributed by atoms with Gasteiger partial charge in [-0.2, -0.15) is 0 Å². The van der Waals surface area contributed by atoms with Crippen LogP contribution in [0.3, 0.4) is 0 Å². The highest BCUT2D eigenvalue weighted by Gasteiger charge is 2.21. The molecule has 0 spiro atoms. The Bertz CT molecular complexity index is 957. The maximum absolute atomic E-state index is 12.7. The van der Waals surface area contributed by atoms with Crippen molar-refractivity contribution in [2.75, 3.05) is 0 Å². The van der Waals surface area contributed by atoms with Crippen LogP contribution in [0.15, 0.2) is 53.3 Å². The largest absolute Gasteiger partial charge is 0.393 e. The lowest BCUT2D eigenvalue weighted by molar-refractivity contribution is -0.122. The molecule has 5 heteroatoms. The van der Waals surface area contributed by atoms with Crippen molar-refractivity contribution >= 4 is 27.7 Å². The number of hydrogen-bond acceptors (Lipinski definition) is 3. The average Bonchev–Trinajstić information content (AvgIpc) is 2.67. The SMILES string of the molecule is O=C(Cn1c2ccccc2c(=O)c2ccccc21)NC1CCC(O)CC1. The number of rotatable bonds is 3. The van der Waals surface area contributed by atoms with E-state index >= 15 is 0 Å². The van der Waals surface area contributed by atoms with Crippen molar-refractivity contribution in [3.63, 3.8) is 0 Å². The summed E-state index contributed by atoms with van der Waals surface area (Å²) in [7, 11) is 0. The Labute approximate surface area is 151 Å². The van der Waals surface area contributed by atoms with Crippen molar-refractivity contribution in [1.29, 1.82) is 0 Å². The number of amides is 1. The van der Waals surface area contributed by atoms with Crippen LogP contribution in [0, 0.1) is 0 Å². The Kier molecular flexibility index (Phi) is 4.47. The second-order valence-corrected chi connectivity index (χ2v) is 7.02. The van der Waals surface area contributed by atoms with Crippen LogP contribution in [0.4, 0.5) is 0 Å². The van der Waals surface area contributed by atoms with E-state index in [2.05, 4.69) is 5.32 Å². The van der Waals surface area contributed by atoms with Gasteiger partial charge in [0.2, 0.25) is 5.91 Å². The number of para-hydroxylation sites is 2. The third kappa shape index (κ3) is 3.10. The van der Waals surface area contributed by atoms with Crippen LogP contribution in [-0.4, -0.2) is 27.7 Å². The summed E-state index contributed by atoms with van der Waals surface area (Å²) < 4.78 is 1.92. The number of carbonyl (C=O) groups is 1. The summed E-state index contributed by atoms with van der Waals surface area (Å²) in [6.45, 7) is 0.167. The number of nitrogens with zero attached hydrogens (tertiary/aromatic N) is 1. The number of aromatic nitrogens is 1. The Morgan fingerprint density at radius 2 is 1.50 bits per heavy atom. The molecule has 0 bridgehead atoms. The molecule has 1 heterocycles. The van der Waals surface area contributed by atoms with Gasteiger partial charge in [0.25, 0.3) is 0 Å². The summed E-state index contributed by atoms with van der Waals surface area (Å²) in [5, 5.41) is 13.9. The normalized spacial score (nSPS) is 20.3. The molecule has 134 valence electrons. The van der Waals surface area contributed by atoms with Gasteiger partial charge in [0.05, 0.1) is 17.1 Å². The van der Waals surface area contributed by atoms with Crippen LogP contribution < -0.4 is 10.7 Å². The Hall–Kier alpha value is -2.66. The molecule has 1 saturated carbocycles. The van der Waals surface area contributed by atoms with Crippen molar-refractivity contribution in [1.82, 2.24) is 9.88 Å². The lowest BCUT2D eigenvalue weighted by Gasteiger charge is -2.26. The van der Waals surface area contributed by atoms with Crippen LogP contribution in [0.5, 0.6) is 0 Å². The van der Waals surface area contributed by atoms with Crippen LogP contribution in [0.25, 0.3) is 21.8 Å².